The Morgan fingerprint density at radius 2 is 2.00 bits per heavy atom. The zero-order valence-corrected chi connectivity index (χ0v) is 14.3. The summed E-state index contributed by atoms with van der Waals surface area (Å²) in [6.45, 7) is 6.72. The second-order valence-corrected chi connectivity index (χ2v) is 6.61. The summed E-state index contributed by atoms with van der Waals surface area (Å²) in [4.78, 5) is 26.5. The predicted octanol–water partition coefficient (Wildman–Crippen LogP) is 2.08. The van der Waals surface area contributed by atoms with Gasteiger partial charge in [0.15, 0.2) is 0 Å². The maximum atomic E-state index is 12.7. The van der Waals surface area contributed by atoms with Gasteiger partial charge in [0.1, 0.15) is 6.04 Å². The van der Waals surface area contributed by atoms with Crippen LogP contribution < -0.4 is 5.32 Å². The van der Waals surface area contributed by atoms with Crippen molar-refractivity contribution in [3.05, 3.63) is 0 Å². The van der Waals surface area contributed by atoms with E-state index in [-0.39, 0.29) is 30.4 Å². The number of aliphatic hydroxyl groups is 1. The van der Waals surface area contributed by atoms with Crippen LogP contribution in [0.3, 0.4) is 0 Å². The van der Waals surface area contributed by atoms with Crippen LogP contribution in [0.1, 0.15) is 65.7 Å². The number of hydrogen-bond donors (Lipinski definition) is 2. The Morgan fingerprint density at radius 1 is 1.27 bits per heavy atom. The summed E-state index contributed by atoms with van der Waals surface area (Å²) >= 11 is 0. The van der Waals surface area contributed by atoms with Crippen LogP contribution in [0.15, 0.2) is 0 Å². The molecule has 5 heteroatoms. The lowest BCUT2D eigenvalue weighted by molar-refractivity contribution is -0.139. The van der Waals surface area contributed by atoms with E-state index in [4.69, 9.17) is 0 Å². The summed E-state index contributed by atoms with van der Waals surface area (Å²) in [6, 6.07) is -0.568. The summed E-state index contributed by atoms with van der Waals surface area (Å²) in [5, 5.41) is 12.3. The number of aliphatic hydroxyl groups excluding tert-OH is 1. The second-order valence-electron chi connectivity index (χ2n) is 6.61. The number of nitrogens with zero attached hydrogens (tertiary/aromatic N) is 1. The molecule has 0 bridgehead atoms. The average molecular weight is 312 g/mol. The highest BCUT2D eigenvalue weighted by Gasteiger charge is 2.34. The number of rotatable bonds is 9. The molecular formula is C17H32N2O3. The Hall–Kier alpha value is -1.10. The molecule has 1 rings (SSSR count). The van der Waals surface area contributed by atoms with Crippen molar-refractivity contribution in [2.45, 2.75) is 77.8 Å². The van der Waals surface area contributed by atoms with Gasteiger partial charge >= 0.3 is 0 Å². The summed E-state index contributed by atoms with van der Waals surface area (Å²) in [6.07, 6.45) is 6.48. The maximum Gasteiger partial charge on any atom is 0.245 e. The van der Waals surface area contributed by atoms with Gasteiger partial charge in [-0.3, -0.25) is 9.59 Å². The molecule has 1 aliphatic heterocycles. The van der Waals surface area contributed by atoms with Crippen LogP contribution in [0.25, 0.3) is 0 Å². The van der Waals surface area contributed by atoms with E-state index in [0.29, 0.717) is 13.0 Å². The van der Waals surface area contributed by atoms with E-state index in [2.05, 4.69) is 12.2 Å². The summed E-state index contributed by atoms with van der Waals surface area (Å²) in [7, 11) is 0. The fourth-order valence-electron chi connectivity index (χ4n) is 2.97. The number of hydrogen-bond acceptors (Lipinski definition) is 3. The highest BCUT2D eigenvalue weighted by Crippen LogP contribution is 2.19. The fourth-order valence-corrected chi connectivity index (χ4v) is 2.97. The Labute approximate surface area is 134 Å². The molecule has 1 fully saturated rings. The highest BCUT2D eigenvalue weighted by molar-refractivity contribution is 5.88. The van der Waals surface area contributed by atoms with Crippen LogP contribution >= 0.6 is 0 Å². The van der Waals surface area contributed by atoms with Crippen molar-refractivity contribution in [2.75, 3.05) is 13.2 Å². The molecule has 2 unspecified atom stereocenters. The van der Waals surface area contributed by atoms with E-state index in [1.165, 1.54) is 0 Å². The number of amides is 2. The summed E-state index contributed by atoms with van der Waals surface area (Å²) in [5.41, 5.74) is 0. The first kappa shape index (κ1) is 18.9. The molecule has 0 radical (unpaired) electrons. The minimum absolute atomic E-state index is 0.00151. The van der Waals surface area contributed by atoms with Crippen molar-refractivity contribution < 1.29 is 14.7 Å². The summed E-state index contributed by atoms with van der Waals surface area (Å²) < 4.78 is 0. The van der Waals surface area contributed by atoms with Gasteiger partial charge in [-0.1, -0.05) is 40.0 Å². The first-order valence-corrected chi connectivity index (χ1v) is 8.72. The zero-order valence-electron chi connectivity index (χ0n) is 14.3. The van der Waals surface area contributed by atoms with Crippen LogP contribution in [0.2, 0.25) is 0 Å². The molecule has 1 heterocycles. The first-order valence-electron chi connectivity index (χ1n) is 8.72. The van der Waals surface area contributed by atoms with Gasteiger partial charge in [-0.05, 0) is 25.2 Å². The monoisotopic (exact) mass is 312 g/mol. The van der Waals surface area contributed by atoms with Crippen LogP contribution in [0, 0.1) is 5.92 Å². The largest absolute Gasteiger partial charge is 0.394 e. The molecule has 0 spiro atoms. The lowest BCUT2D eigenvalue weighted by Crippen LogP contribution is -2.53. The van der Waals surface area contributed by atoms with Crippen molar-refractivity contribution in [1.29, 1.82) is 0 Å². The highest BCUT2D eigenvalue weighted by atomic mass is 16.3. The van der Waals surface area contributed by atoms with Gasteiger partial charge < -0.3 is 15.3 Å². The van der Waals surface area contributed by atoms with E-state index in [1.54, 1.807) is 4.90 Å². The third-order valence-electron chi connectivity index (χ3n) is 4.38. The van der Waals surface area contributed by atoms with Gasteiger partial charge in [0.25, 0.3) is 0 Å². The molecule has 5 nitrogen and oxygen atoms in total. The van der Waals surface area contributed by atoms with Gasteiger partial charge in [0, 0.05) is 13.0 Å². The number of unbranched alkanes of at least 4 members (excludes halogenated alkanes) is 3. The Morgan fingerprint density at radius 3 is 2.59 bits per heavy atom. The number of nitrogens with one attached hydrogen (secondary N) is 1. The standard InChI is InChI=1S/C17H32N2O3/c1-4-5-6-7-10-15(21)18-16(13(2)3)17(22)19-11-8-9-14(19)12-20/h13-14,16,20H,4-12H2,1-3H3,(H,18,21). The Kier molecular flexibility index (Phi) is 8.46. The van der Waals surface area contributed by atoms with E-state index in [9.17, 15) is 14.7 Å². The van der Waals surface area contributed by atoms with Crippen molar-refractivity contribution in [1.82, 2.24) is 10.2 Å². The molecule has 22 heavy (non-hydrogen) atoms. The van der Waals surface area contributed by atoms with E-state index < -0.39 is 6.04 Å². The van der Waals surface area contributed by atoms with Crippen LogP contribution in [0.5, 0.6) is 0 Å². The second kappa shape index (κ2) is 9.82. The van der Waals surface area contributed by atoms with Crippen molar-refractivity contribution >= 4 is 11.8 Å². The first-order chi connectivity index (χ1) is 10.5. The van der Waals surface area contributed by atoms with Gasteiger partial charge in [-0.2, -0.15) is 0 Å². The number of likely N-dealkylation sites (tertiary alicyclic amines) is 1. The van der Waals surface area contributed by atoms with Gasteiger partial charge in [-0.25, -0.2) is 0 Å². The minimum Gasteiger partial charge on any atom is -0.394 e. The molecule has 1 saturated heterocycles. The van der Waals surface area contributed by atoms with E-state index in [0.717, 1.165) is 38.5 Å². The third-order valence-corrected chi connectivity index (χ3v) is 4.38. The molecule has 1 aliphatic rings. The molecule has 0 aromatic carbocycles. The van der Waals surface area contributed by atoms with Crippen molar-refractivity contribution in [3.8, 4) is 0 Å². The topological polar surface area (TPSA) is 69.6 Å². The van der Waals surface area contributed by atoms with Gasteiger partial charge in [0.2, 0.25) is 11.8 Å². The quantitative estimate of drug-likeness (QED) is 0.640. The van der Waals surface area contributed by atoms with Crippen LogP contribution in [0.4, 0.5) is 0 Å². The molecule has 2 amide bonds. The average Bonchev–Trinajstić information content (AvgIpc) is 2.96. The van der Waals surface area contributed by atoms with Gasteiger partial charge in [0.05, 0.1) is 12.6 Å². The van der Waals surface area contributed by atoms with Gasteiger partial charge in [-0.15, -0.1) is 0 Å². The molecule has 2 N–H and O–H groups in total. The Bertz CT molecular complexity index is 358. The molecule has 128 valence electrons. The lowest BCUT2D eigenvalue weighted by Gasteiger charge is -2.30. The van der Waals surface area contributed by atoms with E-state index >= 15 is 0 Å². The molecule has 0 saturated carbocycles. The minimum atomic E-state index is -0.481. The molecule has 2 atom stereocenters. The normalized spacial score (nSPS) is 19.5. The maximum absolute atomic E-state index is 12.7. The molecule has 0 aromatic heterocycles. The molecular weight excluding hydrogens is 280 g/mol. The smallest absolute Gasteiger partial charge is 0.245 e. The SMILES string of the molecule is CCCCCCC(=O)NC(C(=O)N1CCCC1CO)C(C)C. The number of carbonyl (C=O) groups excluding carboxylic acids is 2. The third kappa shape index (κ3) is 5.59. The number of carbonyl (C=O) groups is 2. The molecule has 0 aliphatic carbocycles. The Balaban J connectivity index is 2.53. The van der Waals surface area contributed by atoms with E-state index in [1.807, 2.05) is 13.8 Å². The lowest BCUT2D eigenvalue weighted by atomic mass is 10.0. The predicted molar refractivity (Wildman–Crippen MR) is 87.3 cm³/mol. The fraction of sp³-hybridized carbons (Fsp3) is 0.882. The summed E-state index contributed by atoms with van der Waals surface area (Å²) in [5.74, 6) is -0.0385. The molecule has 0 aromatic rings. The van der Waals surface area contributed by atoms with Crippen LogP contribution in [-0.2, 0) is 9.59 Å². The zero-order chi connectivity index (χ0) is 16.5. The van der Waals surface area contributed by atoms with Crippen molar-refractivity contribution in [2.24, 2.45) is 5.92 Å². The van der Waals surface area contributed by atoms with Crippen molar-refractivity contribution in [3.63, 3.8) is 0 Å². The van der Waals surface area contributed by atoms with Crippen LogP contribution in [-0.4, -0.2) is 47.1 Å².